The molecule has 1 fully saturated rings. The monoisotopic (exact) mass is 380 g/mol. The van der Waals surface area contributed by atoms with E-state index in [1.54, 1.807) is 42.9 Å². The number of sulfonamides is 1. The van der Waals surface area contributed by atoms with Crippen LogP contribution in [0.3, 0.4) is 0 Å². The molecule has 0 bridgehead atoms. The predicted molar refractivity (Wildman–Crippen MR) is 99.0 cm³/mol. The lowest BCUT2D eigenvalue weighted by atomic mass is 9.97. The minimum absolute atomic E-state index is 0.0252. The first-order valence-corrected chi connectivity index (χ1v) is 10.3. The fourth-order valence-electron chi connectivity index (χ4n) is 2.92. The van der Waals surface area contributed by atoms with Gasteiger partial charge < -0.3 is 4.90 Å². The van der Waals surface area contributed by atoms with Crippen LogP contribution in [0, 0.1) is 5.92 Å². The molecule has 1 N–H and O–H groups in total. The first-order valence-electron chi connectivity index (χ1n) is 8.24. The van der Waals surface area contributed by atoms with E-state index in [2.05, 4.69) is 19.6 Å². The largest absolute Gasteiger partial charge is 0.355 e. The van der Waals surface area contributed by atoms with Crippen LogP contribution in [0.2, 0.25) is 5.02 Å². The van der Waals surface area contributed by atoms with Crippen LogP contribution in [-0.2, 0) is 15.8 Å². The van der Waals surface area contributed by atoms with Gasteiger partial charge in [0.05, 0.1) is 11.9 Å². The van der Waals surface area contributed by atoms with Gasteiger partial charge in [0.2, 0.25) is 10.0 Å². The normalized spacial score (nSPS) is 16.1. The van der Waals surface area contributed by atoms with Gasteiger partial charge in [0.15, 0.2) is 0 Å². The van der Waals surface area contributed by atoms with Crippen molar-refractivity contribution < 1.29 is 8.42 Å². The summed E-state index contributed by atoms with van der Waals surface area (Å²) in [6, 6.07) is 6.88. The molecule has 1 saturated heterocycles. The van der Waals surface area contributed by atoms with E-state index in [-0.39, 0.29) is 5.75 Å². The van der Waals surface area contributed by atoms with Gasteiger partial charge in [-0.3, -0.25) is 4.98 Å². The third-order valence-corrected chi connectivity index (χ3v) is 5.92. The molecule has 25 heavy (non-hydrogen) atoms. The Bertz CT molecular complexity index is 776. The van der Waals surface area contributed by atoms with E-state index in [1.165, 1.54) is 0 Å². The number of nitrogens with one attached hydrogen (secondary N) is 1. The summed E-state index contributed by atoms with van der Waals surface area (Å²) in [7, 11) is -3.34. The highest BCUT2D eigenvalue weighted by Crippen LogP contribution is 2.21. The second kappa shape index (κ2) is 8.12. The smallest absolute Gasteiger partial charge is 0.215 e. The minimum Gasteiger partial charge on any atom is -0.355 e. The standard InChI is InChI=1S/C17H21ClN4O2S/c18-16-3-1-15(2-4-16)13-25(23,24)21-11-14-5-9-22(10-6-14)17-12-19-7-8-20-17/h1-4,7-8,12,14,21H,5-6,9-11,13H2. The maximum Gasteiger partial charge on any atom is 0.215 e. The third-order valence-electron chi connectivity index (χ3n) is 4.35. The van der Waals surface area contributed by atoms with Gasteiger partial charge in [0.1, 0.15) is 5.82 Å². The number of nitrogens with zero attached hydrogens (tertiary/aromatic N) is 3. The van der Waals surface area contributed by atoms with Gasteiger partial charge >= 0.3 is 0 Å². The third kappa shape index (κ3) is 5.39. The Morgan fingerprint density at radius 1 is 1.16 bits per heavy atom. The molecule has 0 atom stereocenters. The van der Waals surface area contributed by atoms with E-state index in [4.69, 9.17) is 11.6 Å². The molecule has 0 radical (unpaired) electrons. The van der Waals surface area contributed by atoms with Crippen LogP contribution in [0.5, 0.6) is 0 Å². The molecule has 1 aliphatic heterocycles. The van der Waals surface area contributed by atoms with E-state index in [0.29, 0.717) is 17.5 Å². The average Bonchev–Trinajstić information content (AvgIpc) is 2.63. The summed E-state index contributed by atoms with van der Waals surface area (Å²) in [5.74, 6) is 1.19. The van der Waals surface area contributed by atoms with E-state index in [0.717, 1.165) is 37.3 Å². The molecule has 2 aromatic rings. The molecule has 134 valence electrons. The SMILES string of the molecule is O=S(=O)(Cc1ccc(Cl)cc1)NCC1CCN(c2cnccn2)CC1. The fraction of sp³-hybridized carbons (Fsp3) is 0.412. The summed E-state index contributed by atoms with van der Waals surface area (Å²) < 4.78 is 27.2. The number of rotatable bonds is 6. The van der Waals surface area contributed by atoms with Crippen molar-refractivity contribution in [1.29, 1.82) is 0 Å². The minimum atomic E-state index is -3.34. The lowest BCUT2D eigenvalue weighted by Gasteiger charge is -2.32. The zero-order valence-electron chi connectivity index (χ0n) is 13.8. The van der Waals surface area contributed by atoms with Gasteiger partial charge in [-0.1, -0.05) is 23.7 Å². The zero-order valence-corrected chi connectivity index (χ0v) is 15.4. The Morgan fingerprint density at radius 2 is 1.88 bits per heavy atom. The van der Waals surface area contributed by atoms with Gasteiger partial charge in [0.25, 0.3) is 0 Å². The highest BCUT2D eigenvalue weighted by Gasteiger charge is 2.22. The maximum absolute atomic E-state index is 12.2. The summed E-state index contributed by atoms with van der Waals surface area (Å²) in [6.07, 6.45) is 6.97. The van der Waals surface area contributed by atoms with Crippen molar-refractivity contribution >= 4 is 27.4 Å². The van der Waals surface area contributed by atoms with E-state index in [1.807, 2.05) is 0 Å². The predicted octanol–water partition coefficient (Wildman–Crippen LogP) is 2.47. The molecule has 1 aliphatic rings. The first kappa shape index (κ1) is 18.1. The molecule has 2 heterocycles. The lowest BCUT2D eigenvalue weighted by molar-refractivity contribution is 0.400. The maximum atomic E-state index is 12.2. The average molecular weight is 381 g/mol. The van der Waals surface area contributed by atoms with Gasteiger partial charge in [-0.25, -0.2) is 18.1 Å². The second-order valence-corrected chi connectivity index (χ2v) is 8.47. The van der Waals surface area contributed by atoms with Crippen LogP contribution >= 0.6 is 11.6 Å². The fourth-order valence-corrected chi connectivity index (χ4v) is 4.27. The van der Waals surface area contributed by atoms with Crippen molar-refractivity contribution in [3.63, 3.8) is 0 Å². The Hall–Kier alpha value is -1.70. The summed E-state index contributed by atoms with van der Waals surface area (Å²) in [5, 5.41) is 0.601. The van der Waals surface area contributed by atoms with Crippen molar-refractivity contribution in [3.05, 3.63) is 53.4 Å². The topological polar surface area (TPSA) is 75.2 Å². The highest BCUT2D eigenvalue weighted by molar-refractivity contribution is 7.88. The molecular formula is C17H21ClN4O2S. The van der Waals surface area contributed by atoms with Gasteiger partial charge in [-0.05, 0) is 36.5 Å². The molecule has 6 nitrogen and oxygen atoms in total. The van der Waals surface area contributed by atoms with E-state index in [9.17, 15) is 8.42 Å². The highest BCUT2D eigenvalue weighted by atomic mass is 35.5. The molecule has 0 saturated carbocycles. The van der Waals surface area contributed by atoms with E-state index < -0.39 is 10.0 Å². The Labute approximate surface area is 153 Å². The van der Waals surface area contributed by atoms with E-state index >= 15 is 0 Å². The van der Waals surface area contributed by atoms with Crippen LogP contribution in [-0.4, -0.2) is 38.0 Å². The summed E-state index contributed by atoms with van der Waals surface area (Å²) in [5.41, 5.74) is 0.731. The Balaban J connectivity index is 1.46. The van der Waals surface area contributed by atoms with Crippen LogP contribution in [0.25, 0.3) is 0 Å². The number of hydrogen-bond donors (Lipinski definition) is 1. The molecule has 8 heteroatoms. The molecule has 1 aromatic carbocycles. The van der Waals surface area contributed by atoms with Gasteiger partial charge in [-0.2, -0.15) is 0 Å². The number of halogens is 1. The summed E-state index contributed by atoms with van der Waals surface area (Å²) in [6.45, 7) is 2.20. The number of piperidine rings is 1. The number of anilines is 1. The van der Waals surface area contributed by atoms with Crippen molar-refractivity contribution in [2.75, 3.05) is 24.5 Å². The van der Waals surface area contributed by atoms with Gasteiger partial charge in [-0.15, -0.1) is 0 Å². The Kier molecular flexibility index (Phi) is 5.88. The quantitative estimate of drug-likeness (QED) is 0.833. The first-order chi connectivity index (χ1) is 12.0. The van der Waals surface area contributed by atoms with Crippen LogP contribution in [0.15, 0.2) is 42.9 Å². The van der Waals surface area contributed by atoms with Crippen molar-refractivity contribution in [1.82, 2.24) is 14.7 Å². The molecule has 0 unspecified atom stereocenters. The lowest BCUT2D eigenvalue weighted by Crippen LogP contribution is -2.39. The number of hydrogen-bond acceptors (Lipinski definition) is 5. The van der Waals surface area contributed by atoms with Crippen LogP contribution in [0.1, 0.15) is 18.4 Å². The molecule has 1 aromatic heterocycles. The Morgan fingerprint density at radius 3 is 2.52 bits per heavy atom. The van der Waals surface area contributed by atoms with Crippen LogP contribution in [0.4, 0.5) is 5.82 Å². The number of benzene rings is 1. The molecule has 0 aliphatic carbocycles. The molecular weight excluding hydrogens is 360 g/mol. The van der Waals surface area contributed by atoms with Crippen molar-refractivity contribution in [2.24, 2.45) is 5.92 Å². The zero-order chi connectivity index (χ0) is 17.7. The van der Waals surface area contributed by atoms with Crippen molar-refractivity contribution in [3.8, 4) is 0 Å². The second-order valence-electron chi connectivity index (χ2n) is 6.23. The molecule has 0 spiro atoms. The molecule has 3 rings (SSSR count). The summed E-state index contributed by atoms with van der Waals surface area (Å²) >= 11 is 5.82. The summed E-state index contributed by atoms with van der Waals surface area (Å²) in [4.78, 5) is 10.6. The van der Waals surface area contributed by atoms with Crippen molar-refractivity contribution in [2.45, 2.75) is 18.6 Å². The van der Waals surface area contributed by atoms with Crippen LogP contribution < -0.4 is 9.62 Å². The number of aromatic nitrogens is 2. The van der Waals surface area contributed by atoms with Gasteiger partial charge in [0, 0.05) is 37.1 Å². The molecule has 0 amide bonds.